The number of piperidine rings is 1. The van der Waals surface area contributed by atoms with Gasteiger partial charge in [0, 0.05) is 18.6 Å². The van der Waals surface area contributed by atoms with Gasteiger partial charge in [0.1, 0.15) is 0 Å². The summed E-state index contributed by atoms with van der Waals surface area (Å²) in [5, 5.41) is 12.5. The SMILES string of the molecule is CC1CC(NC(=O)[C@H]2C3C=CC(C3)[C@H]2C(=O)O)CCN1C. The van der Waals surface area contributed by atoms with E-state index in [1.165, 1.54) is 0 Å². The first-order chi connectivity index (χ1) is 9.97. The number of carboxylic acids is 1. The van der Waals surface area contributed by atoms with Crippen molar-refractivity contribution in [3.05, 3.63) is 12.2 Å². The topological polar surface area (TPSA) is 69.6 Å². The molecule has 2 fully saturated rings. The van der Waals surface area contributed by atoms with Crippen LogP contribution in [0.15, 0.2) is 12.2 Å². The van der Waals surface area contributed by atoms with Gasteiger partial charge in [-0.05, 0) is 45.1 Å². The number of nitrogens with one attached hydrogen (secondary N) is 1. The molecule has 5 heteroatoms. The number of carboxylic acid groups (broad SMARTS) is 1. The van der Waals surface area contributed by atoms with Gasteiger partial charge in [-0.3, -0.25) is 9.59 Å². The summed E-state index contributed by atoms with van der Waals surface area (Å²) in [6.07, 6.45) is 6.72. The second-order valence-corrected chi connectivity index (χ2v) is 6.90. The Hall–Kier alpha value is -1.36. The molecule has 3 aliphatic rings. The lowest BCUT2D eigenvalue weighted by atomic mass is 9.82. The van der Waals surface area contributed by atoms with Crippen LogP contribution in [-0.2, 0) is 9.59 Å². The highest BCUT2D eigenvalue weighted by Gasteiger charge is 2.51. The molecule has 0 spiro atoms. The van der Waals surface area contributed by atoms with Crippen molar-refractivity contribution in [2.24, 2.45) is 23.7 Å². The van der Waals surface area contributed by atoms with Gasteiger partial charge in [-0.15, -0.1) is 0 Å². The Morgan fingerprint density at radius 1 is 1.19 bits per heavy atom. The van der Waals surface area contributed by atoms with Crippen LogP contribution in [0.1, 0.15) is 26.2 Å². The molecule has 4 unspecified atom stereocenters. The zero-order chi connectivity index (χ0) is 15.1. The number of hydrogen-bond donors (Lipinski definition) is 2. The molecule has 1 aliphatic heterocycles. The summed E-state index contributed by atoms with van der Waals surface area (Å²) in [7, 11) is 2.10. The zero-order valence-corrected chi connectivity index (χ0v) is 12.7. The normalized spacial score (nSPS) is 42.2. The van der Waals surface area contributed by atoms with Gasteiger partial charge in [0.15, 0.2) is 0 Å². The fourth-order valence-electron chi connectivity index (χ4n) is 4.23. The van der Waals surface area contributed by atoms with Gasteiger partial charge in [-0.1, -0.05) is 12.2 Å². The third kappa shape index (κ3) is 2.59. The van der Waals surface area contributed by atoms with E-state index in [2.05, 4.69) is 24.2 Å². The Kier molecular flexibility index (Phi) is 3.78. The van der Waals surface area contributed by atoms with Crippen LogP contribution >= 0.6 is 0 Å². The highest BCUT2D eigenvalue weighted by molar-refractivity contribution is 5.87. The van der Waals surface area contributed by atoms with E-state index in [0.29, 0.717) is 6.04 Å². The number of carbonyl (C=O) groups is 2. The van der Waals surface area contributed by atoms with Crippen LogP contribution in [0, 0.1) is 23.7 Å². The quantitative estimate of drug-likeness (QED) is 0.765. The minimum absolute atomic E-state index is 0.0414. The van der Waals surface area contributed by atoms with Crippen LogP contribution in [0.5, 0.6) is 0 Å². The molecule has 2 bridgehead atoms. The van der Waals surface area contributed by atoms with Crippen molar-refractivity contribution in [1.29, 1.82) is 0 Å². The predicted octanol–water partition coefficient (Wildman–Crippen LogP) is 1.11. The molecular formula is C16H24N2O3. The molecule has 2 N–H and O–H groups in total. The fourth-order valence-corrected chi connectivity index (χ4v) is 4.23. The standard InChI is InChI=1S/C16H24N2O3/c1-9-7-12(5-6-18(9)2)17-15(19)13-10-3-4-11(8-10)14(13)16(20)21/h3-4,9-14H,5-8H2,1-2H3,(H,17,19)(H,20,21)/t9?,10?,11?,12?,13-,14+/m0/s1. The predicted molar refractivity (Wildman–Crippen MR) is 78.6 cm³/mol. The molecule has 2 aliphatic carbocycles. The number of likely N-dealkylation sites (tertiary alicyclic amines) is 1. The average Bonchev–Trinajstić information content (AvgIpc) is 3.03. The molecule has 6 atom stereocenters. The van der Waals surface area contributed by atoms with E-state index in [1.54, 1.807) is 0 Å². The maximum Gasteiger partial charge on any atom is 0.307 e. The van der Waals surface area contributed by atoms with Crippen molar-refractivity contribution in [1.82, 2.24) is 10.2 Å². The van der Waals surface area contributed by atoms with E-state index in [-0.39, 0.29) is 29.7 Å². The highest BCUT2D eigenvalue weighted by atomic mass is 16.4. The van der Waals surface area contributed by atoms with Crippen molar-refractivity contribution in [3.8, 4) is 0 Å². The molecule has 116 valence electrons. The lowest BCUT2D eigenvalue weighted by Crippen LogP contribution is -2.50. The summed E-state index contributed by atoms with van der Waals surface area (Å²) < 4.78 is 0. The first kappa shape index (κ1) is 14.6. The Balaban J connectivity index is 1.65. The molecule has 21 heavy (non-hydrogen) atoms. The van der Waals surface area contributed by atoms with Crippen molar-refractivity contribution in [2.75, 3.05) is 13.6 Å². The molecule has 5 nitrogen and oxygen atoms in total. The van der Waals surface area contributed by atoms with Gasteiger partial charge in [0.2, 0.25) is 5.91 Å². The number of rotatable bonds is 3. The first-order valence-corrected chi connectivity index (χ1v) is 7.89. The van der Waals surface area contributed by atoms with Crippen LogP contribution in [0.4, 0.5) is 0 Å². The molecule has 1 saturated heterocycles. The van der Waals surface area contributed by atoms with Gasteiger partial charge in [-0.25, -0.2) is 0 Å². The monoisotopic (exact) mass is 292 g/mol. The van der Waals surface area contributed by atoms with E-state index in [9.17, 15) is 14.7 Å². The molecule has 0 radical (unpaired) electrons. The summed E-state index contributed by atoms with van der Waals surface area (Å²) in [5.74, 6) is -1.65. The molecule has 1 heterocycles. The smallest absolute Gasteiger partial charge is 0.307 e. The van der Waals surface area contributed by atoms with Gasteiger partial charge >= 0.3 is 5.97 Å². The summed E-state index contributed by atoms with van der Waals surface area (Å²) in [6, 6.07) is 0.639. The Labute approximate surface area is 125 Å². The fraction of sp³-hybridized carbons (Fsp3) is 0.750. The Morgan fingerprint density at radius 2 is 1.86 bits per heavy atom. The van der Waals surface area contributed by atoms with Crippen LogP contribution in [0.25, 0.3) is 0 Å². The number of fused-ring (bicyclic) bond motifs is 2. The van der Waals surface area contributed by atoms with Gasteiger partial charge in [-0.2, -0.15) is 0 Å². The largest absolute Gasteiger partial charge is 0.481 e. The van der Waals surface area contributed by atoms with Crippen molar-refractivity contribution in [3.63, 3.8) is 0 Å². The maximum atomic E-state index is 12.6. The minimum Gasteiger partial charge on any atom is -0.481 e. The van der Waals surface area contributed by atoms with Crippen molar-refractivity contribution >= 4 is 11.9 Å². The van der Waals surface area contributed by atoms with Crippen LogP contribution in [0.3, 0.4) is 0 Å². The molecular weight excluding hydrogens is 268 g/mol. The van der Waals surface area contributed by atoms with E-state index < -0.39 is 11.9 Å². The first-order valence-electron chi connectivity index (χ1n) is 7.89. The third-order valence-electron chi connectivity index (χ3n) is 5.60. The molecule has 1 amide bonds. The zero-order valence-electron chi connectivity index (χ0n) is 12.7. The van der Waals surface area contributed by atoms with Gasteiger partial charge in [0.05, 0.1) is 11.8 Å². The summed E-state index contributed by atoms with van der Waals surface area (Å²) in [6.45, 7) is 3.14. The third-order valence-corrected chi connectivity index (χ3v) is 5.60. The van der Waals surface area contributed by atoms with Crippen molar-refractivity contribution in [2.45, 2.75) is 38.3 Å². The minimum atomic E-state index is -0.830. The number of allylic oxidation sites excluding steroid dienone is 2. The average molecular weight is 292 g/mol. The maximum absolute atomic E-state index is 12.6. The molecule has 3 rings (SSSR count). The summed E-state index contributed by atoms with van der Waals surface area (Å²) in [4.78, 5) is 26.4. The van der Waals surface area contributed by atoms with E-state index in [0.717, 1.165) is 25.8 Å². The highest BCUT2D eigenvalue weighted by Crippen LogP contribution is 2.48. The lowest BCUT2D eigenvalue weighted by Gasteiger charge is -2.36. The number of carbonyl (C=O) groups excluding carboxylic acids is 1. The molecule has 0 aromatic rings. The second-order valence-electron chi connectivity index (χ2n) is 6.90. The number of hydrogen-bond acceptors (Lipinski definition) is 3. The van der Waals surface area contributed by atoms with Crippen molar-refractivity contribution < 1.29 is 14.7 Å². The van der Waals surface area contributed by atoms with E-state index in [1.807, 2.05) is 12.2 Å². The Morgan fingerprint density at radius 3 is 2.48 bits per heavy atom. The number of nitrogens with zero attached hydrogens (tertiary/aromatic N) is 1. The Bertz CT molecular complexity index is 476. The van der Waals surface area contributed by atoms with Crippen LogP contribution in [0.2, 0.25) is 0 Å². The second kappa shape index (κ2) is 5.44. The van der Waals surface area contributed by atoms with E-state index >= 15 is 0 Å². The lowest BCUT2D eigenvalue weighted by molar-refractivity contribution is -0.148. The van der Waals surface area contributed by atoms with Crippen LogP contribution < -0.4 is 5.32 Å². The molecule has 0 aromatic heterocycles. The number of aliphatic carboxylic acids is 1. The summed E-state index contributed by atoms with van der Waals surface area (Å²) >= 11 is 0. The summed E-state index contributed by atoms with van der Waals surface area (Å²) in [5.41, 5.74) is 0. The number of amides is 1. The van der Waals surface area contributed by atoms with E-state index in [4.69, 9.17) is 0 Å². The van der Waals surface area contributed by atoms with Gasteiger partial charge in [0.25, 0.3) is 0 Å². The molecule has 1 saturated carbocycles. The molecule has 0 aromatic carbocycles. The van der Waals surface area contributed by atoms with Crippen LogP contribution in [-0.4, -0.2) is 47.6 Å². The van der Waals surface area contributed by atoms with Gasteiger partial charge < -0.3 is 15.3 Å².